The zero-order valence-electron chi connectivity index (χ0n) is 17.4. The smallest absolute Gasteiger partial charge is 0.336 e. The summed E-state index contributed by atoms with van der Waals surface area (Å²) in [6.07, 6.45) is 1.38. The van der Waals surface area contributed by atoms with Crippen LogP contribution in [0.15, 0.2) is 33.5 Å². The number of fused-ring (bicyclic) bond motifs is 1. The monoisotopic (exact) mass is 385 g/mol. The molecule has 0 saturated carbocycles. The summed E-state index contributed by atoms with van der Waals surface area (Å²) in [5.41, 5.74) is 1.87. The maximum Gasteiger partial charge on any atom is 0.336 e. The van der Waals surface area contributed by atoms with Gasteiger partial charge in [-0.2, -0.15) is 0 Å². The summed E-state index contributed by atoms with van der Waals surface area (Å²) in [7, 11) is 2.13. The second-order valence-electron chi connectivity index (χ2n) is 8.30. The molecular formula is C22H31N3O3. The van der Waals surface area contributed by atoms with E-state index in [-0.39, 0.29) is 16.9 Å². The van der Waals surface area contributed by atoms with Crippen LogP contribution in [0, 0.1) is 5.41 Å². The molecule has 1 aromatic carbocycles. The highest BCUT2D eigenvalue weighted by Crippen LogP contribution is 2.25. The molecule has 0 aliphatic carbocycles. The fourth-order valence-electron chi connectivity index (χ4n) is 3.40. The van der Waals surface area contributed by atoms with Gasteiger partial charge in [0, 0.05) is 61.3 Å². The number of nitrogens with one attached hydrogen (secondary N) is 1. The number of likely N-dealkylation sites (N-methyl/N-ethyl adjacent to an activating group) is 1. The van der Waals surface area contributed by atoms with Crippen LogP contribution < -0.4 is 15.8 Å². The van der Waals surface area contributed by atoms with Crippen LogP contribution in [0.3, 0.4) is 0 Å². The molecule has 0 unspecified atom stereocenters. The van der Waals surface area contributed by atoms with Crippen molar-refractivity contribution in [1.29, 1.82) is 0 Å². The Kier molecular flexibility index (Phi) is 6.08. The Labute approximate surface area is 166 Å². The highest BCUT2D eigenvalue weighted by Gasteiger charge is 2.24. The van der Waals surface area contributed by atoms with Gasteiger partial charge in [-0.3, -0.25) is 4.79 Å². The lowest BCUT2D eigenvalue weighted by Gasteiger charge is -2.34. The molecule has 1 amide bonds. The molecule has 1 fully saturated rings. The standard InChI is InChI=1S/C22H31N3O3/c1-5-22(2,3)21(27)23-9-8-16-14-20(26)28-19-15-17(6-7-18(16)19)25-12-10-24(4)11-13-25/h6-7,14-15H,5,8-13H2,1-4H3,(H,23,27). The van der Waals surface area contributed by atoms with Crippen molar-refractivity contribution < 1.29 is 9.21 Å². The minimum atomic E-state index is -0.380. The first-order valence-corrected chi connectivity index (χ1v) is 10.1. The molecule has 2 heterocycles. The number of piperazine rings is 1. The summed E-state index contributed by atoms with van der Waals surface area (Å²) in [4.78, 5) is 29.0. The lowest BCUT2D eigenvalue weighted by molar-refractivity contribution is -0.129. The third-order valence-electron chi connectivity index (χ3n) is 5.86. The second-order valence-corrected chi connectivity index (χ2v) is 8.30. The number of carbonyl (C=O) groups excluding carboxylic acids is 1. The zero-order chi connectivity index (χ0) is 20.3. The van der Waals surface area contributed by atoms with Gasteiger partial charge in [-0.05, 0) is 37.6 Å². The fraction of sp³-hybridized carbons (Fsp3) is 0.545. The average molecular weight is 386 g/mol. The fourth-order valence-corrected chi connectivity index (χ4v) is 3.40. The van der Waals surface area contributed by atoms with Crippen LogP contribution in [0.5, 0.6) is 0 Å². The van der Waals surface area contributed by atoms with Crippen LogP contribution in [0.25, 0.3) is 11.0 Å². The van der Waals surface area contributed by atoms with E-state index in [1.54, 1.807) is 0 Å². The van der Waals surface area contributed by atoms with Crippen LogP contribution in [0.4, 0.5) is 5.69 Å². The molecule has 0 bridgehead atoms. The van der Waals surface area contributed by atoms with Crippen molar-refractivity contribution in [1.82, 2.24) is 10.2 Å². The lowest BCUT2D eigenvalue weighted by atomic mass is 9.89. The first kappa shape index (κ1) is 20.4. The molecule has 0 spiro atoms. The number of amides is 1. The van der Waals surface area contributed by atoms with Crippen LogP contribution in [-0.2, 0) is 11.2 Å². The maximum absolute atomic E-state index is 12.3. The molecule has 1 aliphatic rings. The summed E-state index contributed by atoms with van der Waals surface area (Å²) >= 11 is 0. The van der Waals surface area contributed by atoms with Gasteiger partial charge in [0.2, 0.25) is 5.91 Å². The largest absolute Gasteiger partial charge is 0.423 e. The normalized spacial score (nSPS) is 15.8. The lowest BCUT2D eigenvalue weighted by Crippen LogP contribution is -2.44. The Morgan fingerprint density at radius 3 is 2.57 bits per heavy atom. The zero-order valence-corrected chi connectivity index (χ0v) is 17.4. The molecular weight excluding hydrogens is 354 g/mol. The summed E-state index contributed by atoms with van der Waals surface area (Å²) in [5, 5.41) is 3.92. The van der Waals surface area contributed by atoms with E-state index in [0.717, 1.165) is 49.2 Å². The second kappa shape index (κ2) is 8.35. The van der Waals surface area contributed by atoms with E-state index in [1.165, 1.54) is 6.07 Å². The van der Waals surface area contributed by atoms with Gasteiger partial charge in [-0.1, -0.05) is 20.8 Å². The van der Waals surface area contributed by atoms with Crippen LogP contribution in [0.2, 0.25) is 0 Å². The quantitative estimate of drug-likeness (QED) is 0.775. The van der Waals surface area contributed by atoms with Gasteiger partial charge < -0.3 is 19.5 Å². The van der Waals surface area contributed by atoms with E-state index in [2.05, 4.69) is 28.2 Å². The minimum absolute atomic E-state index is 0.0413. The third-order valence-corrected chi connectivity index (χ3v) is 5.86. The van der Waals surface area contributed by atoms with Gasteiger partial charge >= 0.3 is 5.63 Å². The van der Waals surface area contributed by atoms with Gasteiger partial charge in [0.15, 0.2) is 0 Å². The molecule has 3 rings (SSSR count). The number of hydrogen-bond donors (Lipinski definition) is 1. The Bertz CT molecular complexity index is 896. The number of carbonyl (C=O) groups is 1. The number of hydrogen-bond acceptors (Lipinski definition) is 5. The Morgan fingerprint density at radius 1 is 1.18 bits per heavy atom. The van der Waals surface area contributed by atoms with Gasteiger partial charge in [-0.15, -0.1) is 0 Å². The number of rotatable bonds is 6. The predicted octanol–water partition coefficient (Wildman–Crippen LogP) is 2.64. The topological polar surface area (TPSA) is 65.8 Å². The van der Waals surface area contributed by atoms with Crippen LogP contribution in [-0.4, -0.2) is 50.6 Å². The van der Waals surface area contributed by atoms with Crippen molar-refractivity contribution in [2.24, 2.45) is 5.41 Å². The maximum atomic E-state index is 12.3. The Balaban J connectivity index is 1.76. The minimum Gasteiger partial charge on any atom is -0.423 e. The molecule has 6 heteroatoms. The molecule has 1 saturated heterocycles. The molecule has 1 N–H and O–H groups in total. The Hall–Kier alpha value is -2.34. The highest BCUT2D eigenvalue weighted by molar-refractivity contribution is 5.84. The number of nitrogens with zero attached hydrogens (tertiary/aromatic N) is 2. The van der Waals surface area contributed by atoms with E-state index in [4.69, 9.17) is 4.42 Å². The molecule has 0 atom stereocenters. The van der Waals surface area contributed by atoms with Gasteiger partial charge in [0.1, 0.15) is 5.58 Å². The van der Waals surface area contributed by atoms with Crippen LogP contribution in [0.1, 0.15) is 32.8 Å². The summed E-state index contributed by atoms with van der Waals surface area (Å²) < 4.78 is 5.47. The SMILES string of the molecule is CCC(C)(C)C(=O)NCCc1cc(=O)oc2cc(N3CCN(C)CC3)ccc12. The molecule has 1 aliphatic heterocycles. The highest BCUT2D eigenvalue weighted by atomic mass is 16.4. The van der Waals surface area contributed by atoms with E-state index >= 15 is 0 Å². The van der Waals surface area contributed by atoms with Crippen molar-refractivity contribution in [3.63, 3.8) is 0 Å². The third kappa shape index (κ3) is 4.55. The van der Waals surface area contributed by atoms with Gasteiger partial charge in [0.05, 0.1) is 0 Å². The van der Waals surface area contributed by atoms with E-state index in [0.29, 0.717) is 18.5 Å². The van der Waals surface area contributed by atoms with Gasteiger partial charge in [0.25, 0.3) is 0 Å². The molecule has 6 nitrogen and oxygen atoms in total. The molecule has 28 heavy (non-hydrogen) atoms. The van der Waals surface area contributed by atoms with E-state index in [9.17, 15) is 9.59 Å². The Morgan fingerprint density at radius 2 is 1.89 bits per heavy atom. The van der Waals surface area contributed by atoms with Crippen LogP contribution >= 0.6 is 0 Å². The average Bonchev–Trinajstić information content (AvgIpc) is 2.67. The van der Waals surface area contributed by atoms with E-state index in [1.807, 2.05) is 32.9 Å². The number of benzene rings is 1. The van der Waals surface area contributed by atoms with Crippen molar-refractivity contribution >= 4 is 22.6 Å². The summed E-state index contributed by atoms with van der Waals surface area (Å²) in [6, 6.07) is 7.62. The summed E-state index contributed by atoms with van der Waals surface area (Å²) in [6.45, 7) is 10.4. The van der Waals surface area contributed by atoms with Crippen molar-refractivity contribution in [3.05, 3.63) is 40.2 Å². The molecule has 0 radical (unpaired) electrons. The molecule has 2 aromatic rings. The predicted molar refractivity (Wildman–Crippen MR) is 113 cm³/mol. The first-order valence-electron chi connectivity index (χ1n) is 10.1. The van der Waals surface area contributed by atoms with Crippen molar-refractivity contribution in [3.8, 4) is 0 Å². The first-order chi connectivity index (χ1) is 13.3. The summed E-state index contributed by atoms with van der Waals surface area (Å²) in [5.74, 6) is 0.0413. The van der Waals surface area contributed by atoms with Crippen molar-refractivity contribution in [2.75, 3.05) is 44.7 Å². The molecule has 152 valence electrons. The van der Waals surface area contributed by atoms with Crippen molar-refractivity contribution in [2.45, 2.75) is 33.6 Å². The molecule has 1 aromatic heterocycles. The number of anilines is 1. The van der Waals surface area contributed by atoms with E-state index < -0.39 is 0 Å². The van der Waals surface area contributed by atoms with Gasteiger partial charge in [-0.25, -0.2) is 4.79 Å².